The van der Waals surface area contributed by atoms with Crippen LogP contribution >= 0.6 is 0 Å². The van der Waals surface area contributed by atoms with Gasteiger partial charge in [-0.2, -0.15) is 0 Å². The number of hydrogen-bond acceptors (Lipinski definition) is 7. The number of hydrogen-bond donors (Lipinski definition) is 0. The summed E-state index contributed by atoms with van der Waals surface area (Å²) in [6, 6.07) is 0.328. The normalized spacial score (nSPS) is 25.7. The summed E-state index contributed by atoms with van der Waals surface area (Å²) in [6.07, 6.45) is 3.12. The Labute approximate surface area is 184 Å². The zero-order valence-corrected chi connectivity index (χ0v) is 19.5. The Hall–Kier alpha value is -2.16. The van der Waals surface area contributed by atoms with Crippen molar-refractivity contribution in [1.29, 1.82) is 0 Å². The van der Waals surface area contributed by atoms with E-state index in [4.69, 9.17) is 14.5 Å². The molecule has 9 nitrogen and oxygen atoms in total. The third-order valence-electron chi connectivity index (χ3n) is 6.16. The Morgan fingerprint density at radius 3 is 2.48 bits per heavy atom. The number of rotatable bonds is 4. The second-order valence-corrected chi connectivity index (χ2v) is 9.76. The highest BCUT2D eigenvalue weighted by atomic mass is 16.6. The minimum absolute atomic E-state index is 0.00745. The zero-order chi connectivity index (χ0) is 22.8. The molecule has 0 aromatic rings. The quantitative estimate of drug-likeness (QED) is 0.627. The topological polar surface area (TPSA) is 91.8 Å². The zero-order valence-electron chi connectivity index (χ0n) is 19.5. The molecule has 0 N–H and O–H groups in total. The standard InChI is InChI=1S/C22H36N4O5/c1-16-23-22(19(28)26(16)13-14-30-17(2)27)9-6-10-25(15-22)18-7-11-24(12-8-18)20(29)31-21(3,4)5/h18H,6-15H2,1-5H3. The fraction of sp³-hybridized carbons (Fsp3) is 0.818. The molecule has 3 aliphatic rings. The molecule has 3 rings (SSSR count). The van der Waals surface area contributed by atoms with Crippen molar-refractivity contribution >= 4 is 23.8 Å². The summed E-state index contributed by atoms with van der Waals surface area (Å²) in [6.45, 7) is 12.2. The van der Waals surface area contributed by atoms with Gasteiger partial charge >= 0.3 is 12.1 Å². The van der Waals surface area contributed by atoms with Crippen molar-refractivity contribution in [3.05, 3.63) is 0 Å². The van der Waals surface area contributed by atoms with Crippen LogP contribution in [0.3, 0.4) is 0 Å². The van der Waals surface area contributed by atoms with Crippen molar-refractivity contribution in [3.8, 4) is 0 Å². The van der Waals surface area contributed by atoms with Crippen LogP contribution in [0, 0.1) is 0 Å². The Morgan fingerprint density at radius 1 is 1.19 bits per heavy atom. The molecule has 1 unspecified atom stereocenters. The molecule has 0 radical (unpaired) electrons. The molecule has 0 saturated carbocycles. The van der Waals surface area contributed by atoms with Crippen molar-refractivity contribution in [1.82, 2.24) is 14.7 Å². The fourth-order valence-corrected chi connectivity index (χ4v) is 4.75. The number of carbonyl (C=O) groups excluding carboxylic acids is 3. The van der Waals surface area contributed by atoms with Gasteiger partial charge in [0.15, 0.2) is 5.54 Å². The van der Waals surface area contributed by atoms with Crippen LogP contribution in [0.4, 0.5) is 4.79 Å². The van der Waals surface area contributed by atoms with Gasteiger partial charge in [0.1, 0.15) is 18.0 Å². The maximum absolute atomic E-state index is 13.2. The van der Waals surface area contributed by atoms with Crippen LogP contribution in [0.1, 0.15) is 60.3 Å². The average Bonchev–Trinajstić information content (AvgIpc) is 2.90. The predicted octanol–water partition coefficient (Wildman–Crippen LogP) is 2.04. The van der Waals surface area contributed by atoms with Crippen LogP contribution < -0.4 is 0 Å². The lowest BCUT2D eigenvalue weighted by Gasteiger charge is -2.44. The molecule has 1 spiro atoms. The van der Waals surface area contributed by atoms with Gasteiger partial charge in [-0.05, 0) is 59.9 Å². The van der Waals surface area contributed by atoms with Crippen LogP contribution in [0.2, 0.25) is 0 Å². The smallest absolute Gasteiger partial charge is 0.410 e. The van der Waals surface area contributed by atoms with Gasteiger partial charge in [0.05, 0.1) is 6.54 Å². The van der Waals surface area contributed by atoms with E-state index in [9.17, 15) is 14.4 Å². The summed E-state index contributed by atoms with van der Waals surface area (Å²) < 4.78 is 10.5. The van der Waals surface area contributed by atoms with E-state index in [-0.39, 0.29) is 24.6 Å². The van der Waals surface area contributed by atoms with Gasteiger partial charge < -0.3 is 14.4 Å². The van der Waals surface area contributed by atoms with Crippen LogP contribution in [-0.2, 0) is 19.1 Å². The molecule has 3 aliphatic heterocycles. The number of amidine groups is 1. The first kappa shape index (κ1) is 23.5. The van der Waals surface area contributed by atoms with E-state index in [1.807, 2.05) is 27.7 Å². The highest BCUT2D eigenvalue weighted by Crippen LogP contribution is 2.34. The van der Waals surface area contributed by atoms with E-state index in [2.05, 4.69) is 4.90 Å². The molecule has 2 fully saturated rings. The third-order valence-corrected chi connectivity index (χ3v) is 6.16. The minimum Gasteiger partial charge on any atom is -0.464 e. The first-order chi connectivity index (χ1) is 14.5. The van der Waals surface area contributed by atoms with Crippen LogP contribution in [-0.4, -0.2) is 95.0 Å². The summed E-state index contributed by atoms with van der Waals surface area (Å²) in [5.74, 6) is 0.351. The van der Waals surface area contributed by atoms with E-state index < -0.39 is 11.1 Å². The first-order valence-corrected chi connectivity index (χ1v) is 11.2. The highest BCUT2D eigenvalue weighted by molar-refractivity contribution is 6.07. The van der Waals surface area contributed by atoms with Gasteiger partial charge in [-0.25, -0.2) is 4.79 Å². The summed E-state index contributed by atoms with van der Waals surface area (Å²) in [4.78, 5) is 47.2. The molecule has 3 heterocycles. The summed E-state index contributed by atoms with van der Waals surface area (Å²) in [5.41, 5.74) is -1.23. The molecule has 0 aromatic carbocycles. The Bertz CT molecular complexity index is 739. The molecule has 1 atom stereocenters. The largest absolute Gasteiger partial charge is 0.464 e. The molecule has 0 bridgehead atoms. The number of piperidine rings is 2. The molecular formula is C22H36N4O5. The van der Waals surface area contributed by atoms with Crippen molar-refractivity contribution in [2.45, 2.75) is 77.5 Å². The summed E-state index contributed by atoms with van der Waals surface area (Å²) in [5, 5.41) is 0. The lowest BCUT2D eigenvalue weighted by molar-refractivity contribution is -0.143. The van der Waals surface area contributed by atoms with E-state index in [0.29, 0.717) is 38.1 Å². The van der Waals surface area contributed by atoms with Gasteiger partial charge in [-0.3, -0.25) is 24.4 Å². The Kier molecular flexibility index (Phi) is 6.93. The second-order valence-electron chi connectivity index (χ2n) is 9.76. The number of esters is 1. The number of carbonyl (C=O) groups is 3. The van der Waals surface area contributed by atoms with Crippen molar-refractivity contribution in [2.24, 2.45) is 4.99 Å². The van der Waals surface area contributed by atoms with Gasteiger partial charge in [0.25, 0.3) is 5.91 Å². The molecule has 0 aromatic heterocycles. The number of likely N-dealkylation sites (tertiary alicyclic amines) is 2. The SMILES string of the molecule is CC(=O)OCCN1C(=O)C2(CCCN(C3CCN(C(=O)OC(C)(C)C)CC3)C2)N=C1C. The minimum atomic E-state index is -0.735. The number of amides is 2. The first-order valence-electron chi connectivity index (χ1n) is 11.2. The summed E-state index contributed by atoms with van der Waals surface area (Å²) >= 11 is 0. The van der Waals surface area contributed by atoms with E-state index >= 15 is 0 Å². The number of aliphatic imine (C=N–C) groups is 1. The Balaban J connectivity index is 1.57. The molecular weight excluding hydrogens is 400 g/mol. The molecule has 31 heavy (non-hydrogen) atoms. The molecule has 9 heteroatoms. The molecule has 0 aliphatic carbocycles. The molecule has 174 valence electrons. The fourth-order valence-electron chi connectivity index (χ4n) is 4.75. The summed E-state index contributed by atoms with van der Waals surface area (Å²) in [7, 11) is 0. The monoisotopic (exact) mass is 436 g/mol. The predicted molar refractivity (Wildman–Crippen MR) is 116 cm³/mol. The van der Waals surface area contributed by atoms with Crippen LogP contribution in [0.5, 0.6) is 0 Å². The van der Waals surface area contributed by atoms with Crippen LogP contribution in [0.25, 0.3) is 0 Å². The van der Waals surface area contributed by atoms with Crippen molar-refractivity contribution < 1.29 is 23.9 Å². The van der Waals surface area contributed by atoms with Crippen LogP contribution in [0.15, 0.2) is 4.99 Å². The molecule has 2 amide bonds. The van der Waals surface area contributed by atoms with E-state index in [0.717, 1.165) is 32.2 Å². The lowest BCUT2D eigenvalue weighted by Crippen LogP contribution is -2.57. The molecule has 2 saturated heterocycles. The number of ether oxygens (including phenoxy) is 2. The van der Waals surface area contributed by atoms with Gasteiger partial charge in [0, 0.05) is 32.6 Å². The maximum atomic E-state index is 13.2. The second kappa shape index (κ2) is 9.14. The maximum Gasteiger partial charge on any atom is 0.410 e. The highest BCUT2D eigenvalue weighted by Gasteiger charge is 2.50. The van der Waals surface area contributed by atoms with Crippen molar-refractivity contribution in [2.75, 3.05) is 39.3 Å². The van der Waals surface area contributed by atoms with Gasteiger partial charge in [-0.1, -0.05) is 0 Å². The Morgan fingerprint density at radius 2 is 1.87 bits per heavy atom. The third kappa shape index (κ3) is 5.56. The van der Waals surface area contributed by atoms with E-state index in [1.54, 1.807) is 9.80 Å². The van der Waals surface area contributed by atoms with E-state index in [1.165, 1.54) is 6.92 Å². The van der Waals surface area contributed by atoms with Gasteiger partial charge in [0.2, 0.25) is 0 Å². The average molecular weight is 437 g/mol. The number of nitrogens with zero attached hydrogens (tertiary/aromatic N) is 4. The van der Waals surface area contributed by atoms with Gasteiger partial charge in [-0.15, -0.1) is 0 Å². The lowest BCUT2D eigenvalue weighted by atomic mass is 9.87. The van der Waals surface area contributed by atoms with Crippen molar-refractivity contribution in [3.63, 3.8) is 0 Å².